The van der Waals surface area contributed by atoms with E-state index in [-0.39, 0.29) is 29.8 Å². The zero-order chi connectivity index (χ0) is 32.9. The van der Waals surface area contributed by atoms with E-state index in [1.165, 1.54) is 24.5 Å². The molecule has 12 heteroatoms. The number of aryl methyl sites for hydroxylation is 1. The van der Waals surface area contributed by atoms with Crippen LogP contribution in [0.3, 0.4) is 0 Å². The van der Waals surface area contributed by atoms with Crippen molar-refractivity contribution in [2.24, 2.45) is 0 Å². The van der Waals surface area contributed by atoms with Crippen molar-refractivity contribution in [1.82, 2.24) is 0 Å². The predicted molar refractivity (Wildman–Crippen MR) is 151 cm³/mol. The Morgan fingerprint density at radius 1 is 0.864 bits per heavy atom. The van der Waals surface area contributed by atoms with Crippen molar-refractivity contribution in [3.8, 4) is 5.75 Å². The maximum atomic E-state index is 13.0. The van der Waals surface area contributed by atoms with Gasteiger partial charge in [0.05, 0.1) is 17.4 Å². The number of fused-ring (bicyclic) bond motifs is 2. The van der Waals surface area contributed by atoms with Gasteiger partial charge < -0.3 is 19.7 Å². The lowest BCUT2D eigenvalue weighted by Crippen LogP contribution is -2.40. The summed E-state index contributed by atoms with van der Waals surface area (Å²) in [5.41, 5.74) is 1.66. The van der Waals surface area contributed by atoms with E-state index >= 15 is 0 Å². The summed E-state index contributed by atoms with van der Waals surface area (Å²) >= 11 is 0. The summed E-state index contributed by atoms with van der Waals surface area (Å²) in [6.45, 7) is 5.96. The smallest absolute Gasteiger partial charge is 0.430 e. The van der Waals surface area contributed by atoms with Crippen LogP contribution in [0.25, 0.3) is 12.2 Å². The number of halogens is 6. The highest BCUT2D eigenvalue weighted by Crippen LogP contribution is 2.39. The molecule has 44 heavy (non-hydrogen) atoms. The number of alkyl halides is 6. The van der Waals surface area contributed by atoms with Gasteiger partial charge in [-0.2, -0.15) is 26.3 Å². The first-order chi connectivity index (χ1) is 20.4. The molecule has 236 valence electrons. The number of ether oxygens (including phenoxy) is 2. The fourth-order valence-electron chi connectivity index (χ4n) is 4.26. The molecule has 0 saturated carbocycles. The number of allylic oxidation sites excluding steroid dienone is 3. The minimum Gasteiger partial charge on any atom is -0.496 e. The summed E-state index contributed by atoms with van der Waals surface area (Å²) in [5, 5.41) is 17.3. The summed E-state index contributed by atoms with van der Waals surface area (Å²) in [6, 6.07) is 12.1. The van der Waals surface area contributed by atoms with Gasteiger partial charge in [0.1, 0.15) is 12.4 Å². The van der Waals surface area contributed by atoms with Gasteiger partial charge in [0.25, 0.3) is 0 Å². The van der Waals surface area contributed by atoms with Crippen LogP contribution < -0.4 is 4.74 Å². The first kappa shape index (κ1) is 34.0. The van der Waals surface area contributed by atoms with Crippen LogP contribution in [0.15, 0.2) is 77.6 Å². The molecule has 0 bridgehead atoms. The van der Waals surface area contributed by atoms with Crippen molar-refractivity contribution in [1.29, 1.82) is 0 Å². The molecule has 2 aromatic rings. The van der Waals surface area contributed by atoms with Crippen LogP contribution in [0.5, 0.6) is 5.75 Å². The SMILES string of the molecule is CC(C)(C)c1ccc2c(c1)OC(C(F)(F)F)C(C(=O)O)=C2.FC(F)(F)C1=Cc2ccccc2CC1.O=C(O)C1=CC=COC1. The number of benzene rings is 2. The third-order valence-corrected chi connectivity index (χ3v) is 6.66. The van der Waals surface area contributed by atoms with E-state index in [9.17, 15) is 35.9 Å². The quantitative estimate of drug-likeness (QED) is 0.330. The van der Waals surface area contributed by atoms with E-state index in [0.717, 1.165) is 17.2 Å². The van der Waals surface area contributed by atoms with Crippen molar-refractivity contribution in [2.45, 2.75) is 57.5 Å². The molecule has 3 aliphatic rings. The molecular formula is C32H30F6O6. The van der Waals surface area contributed by atoms with Crippen LogP contribution in [0.1, 0.15) is 49.4 Å². The van der Waals surface area contributed by atoms with Crippen molar-refractivity contribution < 1.29 is 55.6 Å². The van der Waals surface area contributed by atoms with E-state index in [4.69, 9.17) is 19.7 Å². The van der Waals surface area contributed by atoms with Gasteiger partial charge in [-0.3, -0.25) is 0 Å². The minimum atomic E-state index is -4.78. The van der Waals surface area contributed by atoms with Crippen LogP contribution in [0.2, 0.25) is 0 Å². The third-order valence-electron chi connectivity index (χ3n) is 6.66. The lowest BCUT2D eigenvalue weighted by molar-refractivity contribution is -0.187. The Morgan fingerprint density at radius 3 is 2.07 bits per heavy atom. The van der Waals surface area contributed by atoms with Crippen LogP contribution >= 0.6 is 0 Å². The number of hydrogen-bond donors (Lipinski definition) is 2. The average molecular weight is 625 g/mol. The van der Waals surface area contributed by atoms with Gasteiger partial charge in [0.2, 0.25) is 6.10 Å². The van der Waals surface area contributed by atoms with Gasteiger partial charge in [-0.1, -0.05) is 57.2 Å². The van der Waals surface area contributed by atoms with Crippen molar-refractivity contribution in [3.05, 3.63) is 99.9 Å². The Morgan fingerprint density at radius 2 is 1.55 bits per heavy atom. The molecule has 0 spiro atoms. The fourth-order valence-corrected chi connectivity index (χ4v) is 4.26. The Kier molecular flexibility index (Phi) is 10.4. The average Bonchev–Trinajstić information content (AvgIpc) is 2.95. The molecule has 6 nitrogen and oxygen atoms in total. The van der Waals surface area contributed by atoms with Crippen molar-refractivity contribution in [2.75, 3.05) is 6.61 Å². The molecule has 1 atom stereocenters. The summed E-state index contributed by atoms with van der Waals surface area (Å²) < 4.78 is 85.6. The highest BCUT2D eigenvalue weighted by molar-refractivity contribution is 5.95. The lowest BCUT2D eigenvalue weighted by Gasteiger charge is -2.28. The first-order valence-electron chi connectivity index (χ1n) is 13.3. The Bertz CT molecular complexity index is 1510. The van der Waals surface area contributed by atoms with Gasteiger partial charge in [-0.25, -0.2) is 9.59 Å². The van der Waals surface area contributed by atoms with Crippen molar-refractivity contribution >= 4 is 24.1 Å². The zero-order valence-corrected chi connectivity index (χ0v) is 23.9. The van der Waals surface area contributed by atoms with E-state index < -0.39 is 41.5 Å². The molecular weight excluding hydrogens is 594 g/mol. The molecule has 0 fully saturated rings. The molecule has 1 unspecified atom stereocenters. The Labute approximate surface area is 249 Å². The van der Waals surface area contributed by atoms with Gasteiger partial charge in [-0.15, -0.1) is 0 Å². The standard InChI is InChI=1S/C15H15F3O3.C11H9F3.C6H6O3/c1-14(2,3)9-5-4-8-6-10(13(19)20)12(15(16,17)18)21-11(8)7-9;12-11(13,14)10-6-5-8-3-1-2-4-9(8)7-10;7-6(8)5-2-1-3-9-4-5/h4-7,12H,1-3H3,(H,19,20);1-4,7H,5-6H2;1-3H,4H2,(H,7,8). The zero-order valence-electron chi connectivity index (χ0n) is 23.9. The second-order valence-corrected chi connectivity index (χ2v) is 10.9. The summed E-state index contributed by atoms with van der Waals surface area (Å²) in [5.74, 6) is -2.50. The number of hydrogen-bond acceptors (Lipinski definition) is 4. The second-order valence-electron chi connectivity index (χ2n) is 10.9. The number of carbonyl (C=O) groups is 2. The maximum Gasteiger partial charge on any atom is 0.430 e. The molecule has 0 saturated heterocycles. The molecule has 2 aliphatic heterocycles. The molecule has 0 amide bonds. The third kappa shape index (κ3) is 9.01. The molecule has 2 heterocycles. The second kappa shape index (κ2) is 13.4. The predicted octanol–water partition coefficient (Wildman–Crippen LogP) is 7.90. The van der Waals surface area contributed by atoms with E-state index in [1.54, 1.807) is 30.3 Å². The monoisotopic (exact) mass is 624 g/mol. The number of carboxylic acids is 2. The van der Waals surface area contributed by atoms with Gasteiger partial charge >= 0.3 is 24.3 Å². The van der Waals surface area contributed by atoms with E-state index in [2.05, 4.69) is 0 Å². The van der Waals surface area contributed by atoms with E-state index in [1.807, 2.05) is 32.9 Å². The minimum absolute atomic E-state index is 0.0507. The maximum absolute atomic E-state index is 13.0. The molecule has 5 rings (SSSR count). The molecule has 1 aliphatic carbocycles. The summed E-state index contributed by atoms with van der Waals surface area (Å²) in [4.78, 5) is 21.2. The molecule has 2 aromatic carbocycles. The van der Waals surface area contributed by atoms with Crippen LogP contribution in [0, 0.1) is 0 Å². The number of rotatable bonds is 2. The van der Waals surface area contributed by atoms with Crippen molar-refractivity contribution in [3.63, 3.8) is 0 Å². The highest BCUT2D eigenvalue weighted by Gasteiger charge is 2.48. The van der Waals surface area contributed by atoms with Crippen LogP contribution in [-0.2, 0) is 26.2 Å². The summed E-state index contributed by atoms with van der Waals surface area (Å²) in [7, 11) is 0. The largest absolute Gasteiger partial charge is 0.496 e. The van der Waals surface area contributed by atoms with Gasteiger partial charge in [-0.05, 0) is 65.3 Å². The lowest BCUT2D eigenvalue weighted by atomic mass is 9.86. The Hall–Kier alpha value is -4.48. The molecule has 2 N–H and O–H groups in total. The molecule has 0 aromatic heterocycles. The van der Waals surface area contributed by atoms with Gasteiger partial charge in [0, 0.05) is 11.1 Å². The van der Waals surface area contributed by atoms with Crippen LogP contribution in [0.4, 0.5) is 26.3 Å². The number of aliphatic carboxylic acids is 2. The van der Waals surface area contributed by atoms with Gasteiger partial charge in [0.15, 0.2) is 0 Å². The van der Waals surface area contributed by atoms with Crippen LogP contribution in [-0.4, -0.2) is 47.2 Å². The topological polar surface area (TPSA) is 93.1 Å². The first-order valence-corrected chi connectivity index (χ1v) is 13.3. The van der Waals surface area contributed by atoms with E-state index in [0.29, 0.717) is 17.5 Å². The molecule has 0 radical (unpaired) electrons. The number of carboxylic acid groups (broad SMARTS) is 2. The fraction of sp³-hybridized carbons (Fsp3) is 0.312. The Balaban J connectivity index is 0.000000197. The normalized spacial score (nSPS) is 17.3. The summed E-state index contributed by atoms with van der Waals surface area (Å²) in [6.07, 6.45) is -4.00. The highest BCUT2D eigenvalue weighted by atomic mass is 19.4.